The molecule has 0 radical (unpaired) electrons. The first-order valence-electron chi connectivity index (χ1n) is 7.31. The number of amides is 2. The maximum atomic E-state index is 12.5. The maximum absolute atomic E-state index is 12.5. The molecule has 20 heavy (non-hydrogen) atoms. The third-order valence-corrected chi connectivity index (χ3v) is 3.73. The molecule has 1 rings (SSSR count). The van der Waals surface area contributed by atoms with E-state index < -0.39 is 12.0 Å². The van der Waals surface area contributed by atoms with Crippen molar-refractivity contribution in [1.82, 2.24) is 10.2 Å². The molecule has 6 nitrogen and oxygen atoms in total. The molecule has 2 amide bonds. The highest BCUT2D eigenvalue weighted by atomic mass is 16.4. The molecule has 114 valence electrons. The number of carboxylic acids is 1. The average Bonchev–Trinajstić information content (AvgIpc) is 2.41. The molecule has 2 unspecified atom stereocenters. The van der Waals surface area contributed by atoms with Crippen molar-refractivity contribution >= 4 is 17.8 Å². The predicted molar refractivity (Wildman–Crippen MR) is 74.1 cm³/mol. The van der Waals surface area contributed by atoms with Crippen molar-refractivity contribution in [2.75, 3.05) is 13.1 Å². The number of hydrogen-bond donors (Lipinski definition) is 2. The highest BCUT2D eigenvalue weighted by molar-refractivity contribution is 5.92. The van der Waals surface area contributed by atoms with Gasteiger partial charge in [-0.3, -0.25) is 14.4 Å². The number of hydrogen-bond acceptors (Lipinski definition) is 3. The van der Waals surface area contributed by atoms with Crippen molar-refractivity contribution in [3.8, 4) is 0 Å². The Kier molecular flexibility index (Phi) is 6.48. The molecule has 0 spiro atoms. The fraction of sp³-hybridized carbons (Fsp3) is 0.786. The highest BCUT2D eigenvalue weighted by Gasteiger charge is 2.36. The van der Waals surface area contributed by atoms with Gasteiger partial charge in [0.2, 0.25) is 11.8 Å². The van der Waals surface area contributed by atoms with Gasteiger partial charge in [0.25, 0.3) is 0 Å². The molecule has 0 aromatic heterocycles. The Labute approximate surface area is 119 Å². The fourth-order valence-corrected chi connectivity index (χ4v) is 2.53. The summed E-state index contributed by atoms with van der Waals surface area (Å²) in [4.78, 5) is 36.7. The number of aliphatic carboxylic acids is 1. The first-order valence-corrected chi connectivity index (χ1v) is 7.31. The Balaban J connectivity index is 2.79. The number of nitrogens with zero attached hydrogens (tertiary/aromatic N) is 1. The fourth-order valence-electron chi connectivity index (χ4n) is 2.53. The second-order valence-electron chi connectivity index (χ2n) is 5.18. The number of carbonyl (C=O) groups is 3. The van der Waals surface area contributed by atoms with E-state index in [1.54, 1.807) is 0 Å². The Morgan fingerprint density at radius 2 is 2.15 bits per heavy atom. The van der Waals surface area contributed by atoms with Crippen molar-refractivity contribution in [2.45, 2.75) is 52.0 Å². The van der Waals surface area contributed by atoms with E-state index in [0.717, 1.165) is 25.7 Å². The van der Waals surface area contributed by atoms with Crippen LogP contribution in [0.4, 0.5) is 0 Å². The Hall–Kier alpha value is -1.59. The van der Waals surface area contributed by atoms with Crippen LogP contribution in [0.15, 0.2) is 0 Å². The summed E-state index contributed by atoms with van der Waals surface area (Å²) in [6.45, 7) is 4.81. The normalized spacial score (nSPS) is 20.4. The lowest BCUT2D eigenvalue weighted by atomic mass is 9.96. The van der Waals surface area contributed by atoms with Crippen molar-refractivity contribution in [3.05, 3.63) is 0 Å². The third-order valence-electron chi connectivity index (χ3n) is 3.73. The molecule has 6 heteroatoms. The van der Waals surface area contributed by atoms with Crippen LogP contribution in [0, 0.1) is 5.92 Å². The van der Waals surface area contributed by atoms with Gasteiger partial charge < -0.3 is 15.3 Å². The number of carboxylic acid groups (broad SMARTS) is 1. The van der Waals surface area contributed by atoms with E-state index in [1.165, 1.54) is 4.90 Å². The topological polar surface area (TPSA) is 86.7 Å². The minimum Gasteiger partial charge on any atom is -0.481 e. The molecule has 0 aliphatic carbocycles. The van der Waals surface area contributed by atoms with E-state index in [4.69, 9.17) is 5.11 Å². The summed E-state index contributed by atoms with van der Waals surface area (Å²) in [5, 5.41) is 11.5. The van der Waals surface area contributed by atoms with Crippen LogP contribution in [-0.2, 0) is 14.4 Å². The Morgan fingerprint density at radius 3 is 2.70 bits per heavy atom. The first kappa shape index (κ1) is 16.5. The minimum absolute atomic E-state index is 0.0814. The summed E-state index contributed by atoms with van der Waals surface area (Å²) in [7, 11) is 0. The zero-order valence-electron chi connectivity index (χ0n) is 12.2. The van der Waals surface area contributed by atoms with Gasteiger partial charge in [-0.05, 0) is 12.8 Å². The highest BCUT2D eigenvalue weighted by Crippen LogP contribution is 2.19. The number of carbonyl (C=O) groups excluding carboxylic acids is 2. The number of nitrogens with one attached hydrogen (secondary N) is 1. The van der Waals surface area contributed by atoms with Crippen molar-refractivity contribution < 1.29 is 19.5 Å². The lowest BCUT2D eigenvalue weighted by molar-refractivity contribution is -0.150. The van der Waals surface area contributed by atoms with Gasteiger partial charge in [0, 0.05) is 19.0 Å². The maximum Gasteiger partial charge on any atom is 0.305 e. The summed E-state index contributed by atoms with van der Waals surface area (Å²) < 4.78 is 0. The van der Waals surface area contributed by atoms with E-state index in [1.807, 2.05) is 6.92 Å². The van der Waals surface area contributed by atoms with Crippen LogP contribution in [0.2, 0.25) is 0 Å². The number of unbranched alkanes of at least 4 members (excludes halogenated alkanes) is 1. The van der Waals surface area contributed by atoms with Crippen LogP contribution in [0.25, 0.3) is 0 Å². The van der Waals surface area contributed by atoms with Gasteiger partial charge in [0.15, 0.2) is 0 Å². The first-order chi connectivity index (χ1) is 9.51. The standard InChI is InChI=1S/C14H24N2O4/c1-3-5-6-10(4-2)14(20)16-8-7-15-13(19)11(16)9-12(17)18/h10-11H,3-9H2,1-2H3,(H,15,19)(H,17,18). The molecule has 2 N–H and O–H groups in total. The van der Waals surface area contributed by atoms with E-state index >= 15 is 0 Å². The number of piperazine rings is 1. The average molecular weight is 284 g/mol. The molecular formula is C14H24N2O4. The molecule has 1 aliphatic rings. The van der Waals surface area contributed by atoms with Crippen LogP contribution in [0.3, 0.4) is 0 Å². The second kappa shape index (κ2) is 7.87. The summed E-state index contributed by atoms with van der Waals surface area (Å²) >= 11 is 0. The second-order valence-corrected chi connectivity index (χ2v) is 5.18. The summed E-state index contributed by atoms with van der Waals surface area (Å²) in [6.07, 6.45) is 3.17. The van der Waals surface area contributed by atoms with E-state index in [2.05, 4.69) is 12.2 Å². The molecule has 0 aromatic rings. The van der Waals surface area contributed by atoms with Gasteiger partial charge in [0.1, 0.15) is 6.04 Å². The molecule has 1 fully saturated rings. The van der Waals surface area contributed by atoms with Gasteiger partial charge >= 0.3 is 5.97 Å². The lowest BCUT2D eigenvalue weighted by Gasteiger charge is -2.36. The predicted octanol–water partition coefficient (Wildman–Crippen LogP) is 1.00. The van der Waals surface area contributed by atoms with Crippen LogP contribution < -0.4 is 5.32 Å². The molecule has 2 atom stereocenters. The smallest absolute Gasteiger partial charge is 0.305 e. The van der Waals surface area contributed by atoms with Gasteiger partial charge in [-0.2, -0.15) is 0 Å². The zero-order valence-corrected chi connectivity index (χ0v) is 12.2. The summed E-state index contributed by atoms with van der Waals surface area (Å²) in [5.41, 5.74) is 0. The number of rotatable bonds is 7. The molecule has 1 saturated heterocycles. The monoisotopic (exact) mass is 284 g/mol. The Bertz CT molecular complexity index is 370. The van der Waals surface area contributed by atoms with Gasteiger partial charge in [-0.25, -0.2) is 0 Å². The summed E-state index contributed by atoms with van der Waals surface area (Å²) in [5.74, 6) is -1.62. The third kappa shape index (κ3) is 4.21. The quantitative estimate of drug-likeness (QED) is 0.730. The van der Waals surface area contributed by atoms with Crippen molar-refractivity contribution in [2.24, 2.45) is 5.92 Å². The molecule has 1 aliphatic heterocycles. The molecule has 0 aromatic carbocycles. The molecule has 0 saturated carbocycles. The Morgan fingerprint density at radius 1 is 1.45 bits per heavy atom. The van der Waals surface area contributed by atoms with Crippen LogP contribution in [0.5, 0.6) is 0 Å². The van der Waals surface area contributed by atoms with Gasteiger partial charge in [-0.15, -0.1) is 0 Å². The largest absolute Gasteiger partial charge is 0.481 e. The molecule has 1 heterocycles. The SMILES string of the molecule is CCCCC(CC)C(=O)N1CCNC(=O)C1CC(=O)O. The van der Waals surface area contributed by atoms with Gasteiger partial charge in [-0.1, -0.05) is 26.7 Å². The molecular weight excluding hydrogens is 260 g/mol. The van der Waals surface area contributed by atoms with Crippen LogP contribution in [0.1, 0.15) is 46.0 Å². The summed E-state index contributed by atoms with van der Waals surface area (Å²) in [6, 6.07) is -0.871. The van der Waals surface area contributed by atoms with Gasteiger partial charge in [0.05, 0.1) is 6.42 Å². The molecule has 0 bridgehead atoms. The van der Waals surface area contributed by atoms with E-state index in [9.17, 15) is 14.4 Å². The van der Waals surface area contributed by atoms with Crippen molar-refractivity contribution in [1.29, 1.82) is 0 Å². The zero-order chi connectivity index (χ0) is 15.1. The van der Waals surface area contributed by atoms with Crippen LogP contribution >= 0.6 is 0 Å². The van der Waals surface area contributed by atoms with E-state index in [-0.39, 0.29) is 24.2 Å². The van der Waals surface area contributed by atoms with Crippen molar-refractivity contribution in [3.63, 3.8) is 0 Å². The minimum atomic E-state index is -1.06. The lowest BCUT2D eigenvalue weighted by Crippen LogP contribution is -2.58. The van der Waals surface area contributed by atoms with Crippen LogP contribution in [-0.4, -0.2) is 46.9 Å². The van der Waals surface area contributed by atoms with E-state index in [0.29, 0.717) is 13.1 Å².